The van der Waals surface area contributed by atoms with Crippen molar-refractivity contribution in [3.63, 3.8) is 0 Å². The molecule has 2 aromatic rings. The number of benzene rings is 1. The molecule has 0 amide bonds. The van der Waals surface area contributed by atoms with Crippen molar-refractivity contribution >= 4 is 17.3 Å². The van der Waals surface area contributed by atoms with Crippen LogP contribution >= 0.6 is 11.3 Å². The third kappa shape index (κ3) is 6.63. The zero-order valence-electron chi connectivity index (χ0n) is 15.8. The number of thiazole rings is 1. The predicted octanol–water partition coefficient (Wildman–Crippen LogP) is 3.58. The first kappa shape index (κ1) is 20.2. The second-order valence-electron chi connectivity index (χ2n) is 6.35. The molecule has 1 aromatic heterocycles. The summed E-state index contributed by atoms with van der Waals surface area (Å²) in [6, 6.07) is 6.15. The molecule has 0 radical (unpaired) electrons. The molecule has 1 heterocycles. The van der Waals surface area contributed by atoms with Gasteiger partial charge in [-0.15, -0.1) is 11.3 Å². The van der Waals surface area contributed by atoms with Gasteiger partial charge in [0, 0.05) is 37.4 Å². The molecule has 1 atom stereocenters. The smallest absolute Gasteiger partial charge is 0.191 e. The van der Waals surface area contributed by atoms with E-state index in [9.17, 15) is 4.39 Å². The number of nitrogens with zero attached hydrogens (tertiary/aromatic N) is 2. The van der Waals surface area contributed by atoms with Gasteiger partial charge in [0.05, 0.1) is 17.2 Å². The standard InChI is InChI=1S/C19H27FN4OS/c1-13(2)18-24-16(12-26-18)8-9-22-19(21-4)23-11-14(3)25-17-7-5-6-15(20)10-17/h5-7,10,12-14H,8-9,11H2,1-4H3,(H2,21,22,23). The average molecular weight is 379 g/mol. The van der Waals surface area contributed by atoms with Gasteiger partial charge in [0.15, 0.2) is 5.96 Å². The van der Waals surface area contributed by atoms with Gasteiger partial charge in [-0.05, 0) is 19.1 Å². The van der Waals surface area contributed by atoms with Crippen LogP contribution in [0, 0.1) is 5.82 Å². The van der Waals surface area contributed by atoms with Crippen LogP contribution in [0.5, 0.6) is 5.75 Å². The summed E-state index contributed by atoms with van der Waals surface area (Å²) >= 11 is 1.71. The number of guanidine groups is 1. The molecule has 0 saturated heterocycles. The molecule has 0 fully saturated rings. The van der Waals surface area contributed by atoms with Crippen molar-refractivity contribution in [2.75, 3.05) is 20.1 Å². The van der Waals surface area contributed by atoms with E-state index in [0.29, 0.717) is 24.2 Å². The highest BCUT2D eigenvalue weighted by Crippen LogP contribution is 2.19. The molecule has 5 nitrogen and oxygen atoms in total. The minimum atomic E-state index is -0.303. The molecule has 1 unspecified atom stereocenters. The van der Waals surface area contributed by atoms with E-state index in [2.05, 4.69) is 39.8 Å². The van der Waals surface area contributed by atoms with E-state index >= 15 is 0 Å². The van der Waals surface area contributed by atoms with Crippen LogP contribution in [0.4, 0.5) is 4.39 Å². The summed E-state index contributed by atoms with van der Waals surface area (Å²) < 4.78 is 18.9. The first-order chi connectivity index (χ1) is 12.5. The summed E-state index contributed by atoms with van der Waals surface area (Å²) in [6.07, 6.45) is 0.724. The fraction of sp³-hybridized carbons (Fsp3) is 0.474. The first-order valence-electron chi connectivity index (χ1n) is 8.79. The van der Waals surface area contributed by atoms with E-state index in [0.717, 1.165) is 18.7 Å². The monoisotopic (exact) mass is 378 g/mol. The van der Waals surface area contributed by atoms with Gasteiger partial charge >= 0.3 is 0 Å². The normalized spacial score (nSPS) is 12.9. The van der Waals surface area contributed by atoms with Crippen LogP contribution in [0.25, 0.3) is 0 Å². The van der Waals surface area contributed by atoms with E-state index < -0.39 is 0 Å². The van der Waals surface area contributed by atoms with Crippen molar-refractivity contribution in [1.82, 2.24) is 15.6 Å². The Bertz CT molecular complexity index is 717. The Labute approximate surface area is 158 Å². The quantitative estimate of drug-likeness (QED) is 0.544. The fourth-order valence-corrected chi connectivity index (χ4v) is 3.16. The molecule has 2 N–H and O–H groups in total. The maximum absolute atomic E-state index is 13.2. The third-order valence-corrected chi connectivity index (χ3v) is 4.85. The van der Waals surface area contributed by atoms with Gasteiger partial charge in [-0.2, -0.15) is 0 Å². The summed E-state index contributed by atoms with van der Waals surface area (Å²) in [7, 11) is 1.73. The summed E-state index contributed by atoms with van der Waals surface area (Å²) in [5, 5.41) is 9.77. The van der Waals surface area contributed by atoms with E-state index in [-0.39, 0.29) is 11.9 Å². The van der Waals surface area contributed by atoms with Crippen LogP contribution < -0.4 is 15.4 Å². The second kappa shape index (κ2) is 10.1. The maximum atomic E-state index is 13.2. The predicted molar refractivity (Wildman–Crippen MR) is 106 cm³/mol. The number of halogens is 1. The highest BCUT2D eigenvalue weighted by molar-refractivity contribution is 7.09. The molecule has 26 heavy (non-hydrogen) atoms. The number of rotatable bonds is 8. The van der Waals surface area contributed by atoms with Gasteiger partial charge in [0.1, 0.15) is 17.7 Å². The van der Waals surface area contributed by atoms with Crippen LogP contribution in [0.3, 0.4) is 0 Å². The van der Waals surface area contributed by atoms with Gasteiger partial charge in [-0.1, -0.05) is 19.9 Å². The molecule has 0 bridgehead atoms. The molecular weight excluding hydrogens is 351 g/mol. The van der Waals surface area contributed by atoms with E-state index in [1.165, 1.54) is 17.1 Å². The molecule has 1 aromatic carbocycles. The average Bonchev–Trinajstić information content (AvgIpc) is 3.07. The fourth-order valence-electron chi connectivity index (χ4n) is 2.29. The van der Waals surface area contributed by atoms with Gasteiger partial charge in [0.2, 0.25) is 0 Å². The Morgan fingerprint density at radius 1 is 1.31 bits per heavy atom. The van der Waals surface area contributed by atoms with Crippen LogP contribution in [-0.2, 0) is 6.42 Å². The van der Waals surface area contributed by atoms with Gasteiger partial charge in [-0.3, -0.25) is 4.99 Å². The minimum Gasteiger partial charge on any atom is -0.489 e. The van der Waals surface area contributed by atoms with Crippen LogP contribution in [-0.4, -0.2) is 37.2 Å². The zero-order chi connectivity index (χ0) is 18.9. The lowest BCUT2D eigenvalue weighted by Crippen LogP contribution is -2.42. The molecule has 2 rings (SSSR count). The number of aromatic nitrogens is 1. The Kier molecular flexibility index (Phi) is 7.84. The molecule has 0 spiro atoms. The summed E-state index contributed by atoms with van der Waals surface area (Å²) in [4.78, 5) is 8.84. The summed E-state index contributed by atoms with van der Waals surface area (Å²) in [5.74, 6) is 1.39. The van der Waals surface area contributed by atoms with Crippen molar-refractivity contribution in [2.45, 2.75) is 39.2 Å². The molecule has 0 aliphatic rings. The van der Waals surface area contributed by atoms with Crippen molar-refractivity contribution < 1.29 is 9.13 Å². The van der Waals surface area contributed by atoms with E-state index in [1.807, 2.05) is 6.92 Å². The van der Waals surface area contributed by atoms with Gasteiger partial charge in [-0.25, -0.2) is 9.37 Å². The van der Waals surface area contributed by atoms with Crippen molar-refractivity contribution in [1.29, 1.82) is 0 Å². The van der Waals surface area contributed by atoms with Crippen LogP contribution in [0.15, 0.2) is 34.6 Å². The maximum Gasteiger partial charge on any atom is 0.191 e. The lowest BCUT2D eigenvalue weighted by atomic mass is 10.2. The summed E-state index contributed by atoms with van der Waals surface area (Å²) in [6.45, 7) is 7.54. The van der Waals surface area contributed by atoms with E-state index in [1.54, 1.807) is 30.5 Å². The van der Waals surface area contributed by atoms with E-state index in [4.69, 9.17) is 4.74 Å². The topological polar surface area (TPSA) is 58.5 Å². The largest absolute Gasteiger partial charge is 0.489 e. The molecule has 0 saturated carbocycles. The Morgan fingerprint density at radius 2 is 2.12 bits per heavy atom. The Hall–Kier alpha value is -2.15. The molecular formula is C19H27FN4OS. The first-order valence-corrected chi connectivity index (χ1v) is 9.67. The Balaban J connectivity index is 1.71. The number of nitrogens with one attached hydrogen (secondary N) is 2. The number of hydrogen-bond acceptors (Lipinski definition) is 4. The lowest BCUT2D eigenvalue weighted by Gasteiger charge is -2.17. The zero-order valence-corrected chi connectivity index (χ0v) is 16.6. The van der Waals surface area contributed by atoms with Crippen molar-refractivity contribution in [2.24, 2.45) is 4.99 Å². The minimum absolute atomic E-state index is 0.123. The highest BCUT2D eigenvalue weighted by Gasteiger charge is 2.08. The summed E-state index contributed by atoms with van der Waals surface area (Å²) in [5.41, 5.74) is 1.10. The highest BCUT2D eigenvalue weighted by atomic mass is 32.1. The number of ether oxygens (including phenoxy) is 1. The molecule has 0 aliphatic carbocycles. The van der Waals surface area contributed by atoms with Gasteiger partial charge < -0.3 is 15.4 Å². The number of aliphatic imine (C=N–C) groups is 1. The van der Waals surface area contributed by atoms with Gasteiger partial charge in [0.25, 0.3) is 0 Å². The molecule has 0 aliphatic heterocycles. The molecule has 7 heteroatoms. The third-order valence-electron chi connectivity index (χ3n) is 3.65. The molecule has 142 valence electrons. The Morgan fingerprint density at radius 3 is 2.77 bits per heavy atom. The van der Waals surface area contributed by atoms with Crippen LogP contribution in [0.2, 0.25) is 0 Å². The van der Waals surface area contributed by atoms with Crippen LogP contribution in [0.1, 0.15) is 37.4 Å². The lowest BCUT2D eigenvalue weighted by molar-refractivity contribution is 0.223. The number of hydrogen-bond donors (Lipinski definition) is 2. The van der Waals surface area contributed by atoms with Crippen molar-refractivity contribution in [3.05, 3.63) is 46.2 Å². The second-order valence-corrected chi connectivity index (χ2v) is 7.24. The SMILES string of the molecule is CN=C(NCCc1csc(C(C)C)n1)NCC(C)Oc1cccc(F)c1. The van der Waals surface area contributed by atoms with Crippen molar-refractivity contribution in [3.8, 4) is 5.75 Å².